The molecule has 6 aliphatic heterocycles. The lowest BCUT2D eigenvalue weighted by Gasteiger charge is -2.50. The smallest absolute Gasteiger partial charge is 0.335 e. The number of carbonyl (C=O) groups is 1. The predicted molar refractivity (Wildman–Crippen MR) is 225 cm³/mol. The highest BCUT2D eigenvalue weighted by Crippen LogP contribution is 2.38. The van der Waals surface area contributed by atoms with E-state index in [1.54, 1.807) is 6.92 Å². The minimum atomic E-state index is -2.37. The van der Waals surface area contributed by atoms with Gasteiger partial charge in [-0.05, 0) is 46.6 Å². The molecule has 0 amide bonds. The third-order valence-electron chi connectivity index (χ3n) is 13.6. The quantitative estimate of drug-likeness (QED) is 0.0567. The van der Waals surface area contributed by atoms with E-state index in [0.29, 0.717) is 25.8 Å². The zero-order valence-corrected chi connectivity index (χ0v) is 39.4. The van der Waals surface area contributed by atoms with E-state index in [2.05, 4.69) is 0 Å². The molecule has 16 unspecified atom stereocenters. The first kappa shape index (κ1) is 58.6. The second-order valence-corrected chi connectivity index (χ2v) is 18.9. The van der Waals surface area contributed by atoms with Gasteiger partial charge < -0.3 is 139 Å². The molecule has 0 spiro atoms. The van der Waals surface area contributed by atoms with Gasteiger partial charge in [0, 0.05) is 12.5 Å². The Hall–Kier alpha value is -1.61. The van der Waals surface area contributed by atoms with Gasteiger partial charge in [0.05, 0.1) is 37.6 Å². The maximum Gasteiger partial charge on any atom is 0.335 e. The number of unbranched alkanes of at least 4 members (excludes halogenated alkanes) is 2. The van der Waals surface area contributed by atoms with E-state index in [0.717, 1.165) is 0 Å². The van der Waals surface area contributed by atoms with E-state index in [4.69, 9.17) is 62.6 Å². The van der Waals surface area contributed by atoms with Crippen LogP contribution < -0.4 is 5.73 Å². The van der Waals surface area contributed by atoms with Gasteiger partial charge in [0.25, 0.3) is 0 Å². The van der Waals surface area contributed by atoms with Crippen LogP contribution in [0.3, 0.4) is 0 Å². The summed E-state index contributed by atoms with van der Waals surface area (Å²) in [6, 6.07) is 0. The van der Waals surface area contributed by atoms with Crippen molar-refractivity contribution in [2.75, 3.05) is 26.4 Å². The van der Waals surface area contributed by atoms with Crippen LogP contribution in [0.4, 0.5) is 0 Å². The number of ether oxygens (including phenoxy) is 12. The monoisotopic (exact) mass is 1040 g/mol. The number of aliphatic carboxylic acids is 1. The van der Waals surface area contributed by atoms with Gasteiger partial charge in [0.15, 0.2) is 43.8 Å². The molecule has 30 atom stereocenters. The van der Waals surface area contributed by atoms with Crippen molar-refractivity contribution >= 4 is 5.97 Å². The Morgan fingerprint density at radius 2 is 0.901 bits per heavy atom. The number of hydrogen-bond donors (Lipinski definition) is 16. The van der Waals surface area contributed by atoms with E-state index in [9.17, 15) is 81.4 Å². The van der Waals surface area contributed by atoms with Gasteiger partial charge in [-0.1, -0.05) is 6.92 Å². The van der Waals surface area contributed by atoms with Crippen LogP contribution >= 0.6 is 0 Å². The van der Waals surface area contributed by atoms with Crippen molar-refractivity contribution in [2.45, 2.75) is 225 Å². The van der Waals surface area contributed by atoms with Crippen LogP contribution in [0.2, 0.25) is 0 Å². The first-order chi connectivity index (χ1) is 33.5. The van der Waals surface area contributed by atoms with E-state index in [1.807, 2.05) is 0 Å². The number of aliphatic hydroxyl groups excluding tert-OH is 14. The Labute approximate surface area is 406 Å². The fraction of sp³-hybridized carbons (Fsp3) is 0.976. The second-order valence-electron chi connectivity index (χ2n) is 18.9. The zero-order valence-electron chi connectivity index (χ0n) is 39.4. The molecular formula is C42H73NO28. The average Bonchev–Trinajstić information content (AvgIpc) is 3.43. The summed E-state index contributed by atoms with van der Waals surface area (Å²) in [5, 5.41) is 164. The van der Waals surface area contributed by atoms with Crippen LogP contribution in [0.5, 0.6) is 0 Å². The summed E-state index contributed by atoms with van der Waals surface area (Å²) >= 11 is 0. The Bertz CT molecular complexity index is 1640. The molecular weight excluding hydrogens is 966 g/mol. The molecule has 0 saturated carbocycles. The molecule has 0 bridgehead atoms. The van der Waals surface area contributed by atoms with Gasteiger partial charge in [0.1, 0.15) is 110 Å². The summed E-state index contributed by atoms with van der Waals surface area (Å²) in [7, 11) is 0. The molecule has 17 N–H and O–H groups in total. The standard InChI is InChI=1S/C42H73NO28/c1-12-11-61-40(60-9-7-5-6-8-43)31(24(52)17(12)45)68-42-33(26(54)20(48)15(4)64-42)69-41-32(25(53)19(47)14(3)63-41)67-39-29(57)30(66-38-28(56)23(51)21(49)16(10-44)65-38)34(35(71-39)36(58)59)70-37-27(55)22(50)18(46)13(2)62-37/h12-35,37-42,44-57H,5-11,43H2,1-4H3,(H,58,59)/t12?,13-,14-,15?,16?,17-,18-,19-,20-,21-,22?,23?,24?,25?,26?,27?,28?,29?,30?,31?,32?,33?,34+,35?,37-,38-,39-,40+,41-,42-/m0/s1. The molecule has 29 nitrogen and oxygen atoms in total. The van der Waals surface area contributed by atoms with Crippen molar-refractivity contribution in [3.05, 3.63) is 0 Å². The van der Waals surface area contributed by atoms with E-state index < -0.39 is 197 Å². The van der Waals surface area contributed by atoms with Crippen LogP contribution in [0, 0.1) is 5.92 Å². The van der Waals surface area contributed by atoms with Crippen molar-refractivity contribution in [2.24, 2.45) is 11.7 Å². The van der Waals surface area contributed by atoms with Gasteiger partial charge in [-0.3, -0.25) is 0 Å². The lowest BCUT2D eigenvalue weighted by atomic mass is 9.95. The third kappa shape index (κ3) is 13.0. The van der Waals surface area contributed by atoms with Gasteiger partial charge in [-0.25, -0.2) is 4.79 Å². The lowest BCUT2D eigenvalue weighted by Crippen LogP contribution is -2.69. The summed E-state index contributed by atoms with van der Waals surface area (Å²) in [5.74, 6) is -2.51. The topological polar surface area (TPSA) is 457 Å². The number of carboxylic acids is 1. The number of carboxylic acid groups (broad SMARTS) is 1. The molecule has 6 saturated heterocycles. The Balaban J connectivity index is 1.31. The van der Waals surface area contributed by atoms with Crippen LogP contribution in [-0.2, 0) is 61.6 Å². The Morgan fingerprint density at radius 3 is 1.44 bits per heavy atom. The summed E-state index contributed by atoms with van der Waals surface area (Å²) < 4.78 is 70.4. The number of aliphatic hydroxyl groups is 14. The van der Waals surface area contributed by atoms with Gasteiger partial charge in [-0.15, -0.1) is 0 Å². The maximum atomic E-state index is 13.0. The van der Waals surface area contributed by atoms with Gasteiger partial charge in [0.2, 0.25) is 0 Å². The van der Waals surface area contributed by atoms with Crippen LogP contribution in [0.15, 0.2) is 0 Å². The molecule has 414 valence electrons. The van der Waals surface area contributed by atoms with E-state index in [-0.39, 0.29) is 13.2 Å². The molecule has 0 aromatic carbocycles. The summed E-state index contributed by atoms with van der Waals surface area (Å²) in [6.45, 7) is 5.09. The van der Waals surface area contributed by atoms with E-state index in [1.165, 1.54) is 20.8 Å². The number of nitrogens with two attached hydrogens (primary N) is 1. The normalized spacial score (nSPS) is 51.1. The highest BCUT2D eigenvalue weighted by atomic mass is 16.8. The molecule has 6 heterocycles. The molecule has 0 aliphatic carbocycles. The van der Waals surface area contributed by atoms with Crippen LogP contribution in [-0.4, -0.2) is 287 Å². The molecule has 0 aromatic heterocycles. The molecule has 29 heteroatoms. The van der Waals surface area contributed by atoms with Crippen LogP contribution in [0.1, 0.15) is 47.0 Å². The number of hydrogen-bond acceptors (Lipinski definition) is 28. The van der Waals surface area contributed by atoms with Crippen LogP contribution in [0.25, 0.3) is 0 Å². The summed E-state index contributed by atoms with van der Waals surface area (Å²) in [5.41, 5.74) is 5.61. The minimum absolute atomic E-state index is 0.0797. The Morgan fingerprint density at radius 1 is 0.465 bits per heavy atom. The molecule has 71 heavy (non-hydrogen) atoms. The van der Waals surface area contributed by atoms with Crippen molar-refractivity contribution in [3.63, 3.8) is 0 Å². The Kier molecular flexibility index (Phi) is 21.1. The zero-order chi connectivity index (χ0) is 52.3. The largest absolute Gasteiger partial charge is 0.479 e. The van der Waals surface area contributed by atoms with Gasteiger partial charge >= 0.3 is 5.97 Å². The van der Waals surface area contributed by atoms with Gasteiger partial charge in [-0.2, -0.15) is 0 Å². The molecule has 6 rings (SSSR count). The van der Waals surface area contributed by atoms with Crippen molar-refractivity contribution < 1.29 is 138 Å². The predicted octanol–water partition coefficient (Wildman–Crippen LogP) is -8.50. The SMILES string of the molecule is CC1CO[C@@H](OCCCCCN)C(O[C@@H]2OC(C)[C@H](O)C(O)C2O[C@@H]2O[C@@H](C)[C@H](O)C(O)C2O[C@H]2OC(C(=O)O)[C@H](O[C@@H]3O[C@@H](C)[C@H](O)C(O)C3O)C(O[C@@H]3OC(CO)[C@H](O)C(O)C3O)C2O)C(O)[C@H]1O. The molecule has 0 aromatic rings. The lowest BCUT2D eigenvalue weighted by molar-refractivity contribution is -0.408. The maximum absolute atomic E-state index is 13.0. The van der Waals surface area contributed by atoms with E-state index >= 15 is 0 Å². The fourth-order valence-corrected chi connectivity index (χ4v) is 9.08. The first-order valence-electron chi connectivity index (χ1n) is 23.7. The average molecular weight is 1040 g/mol. The van der Waals surface area contributed by atoms with Crippen molar-refractivity contribution in [3.8, 4) is 0 Å². The highest BCUT2D eigenvalue weighted by molar-refractivity contribution is 5.73. The molecule has 6 aliphatic rings. The van der Waals surface area contributed by atoms with Crippen molar-refractivity contribution in [1.29, 1.82) is 0 Å². The molecule has 0 radical (unpaired) electrons. The fourth-order valence-electron chi connectivity index (χ4n) is 9.08. The summed E-state index contributed by atoms with van der Waals surface area (Å²) in [4.78, 5) is 13.0. The summed E-state index contributed by atoms with van der Waals surface area (Å²) in [6.07, 6.45) is -52.1. The molecule has 6 fully saturated rings. The number of rotatable bonds is 18. The first-order valence-corrected chi connectivity index (χ1v) is 23.7. The second kappa shape index (κ2) is 25.5. The minimum Gasteiger partial charge on any atom is -0.479 e. The third-order valence-corrected chi connectivity index (χ3v) is 13.6. The highest BCUT2D eigenvalue weighted by Gasteiger charge is 2.59. The van der Waals surface area contributed by atoms with Crippen molar-refractivity contribution in [1.82, 2.24) is 0 Å².